The van der Waals surface area contributed by atoms with Gasteiger partial charge in [0.2, 0.25) is 5.95 Å². The van der Waals surface area contributed by atoms with E-state index in [1.165, 1.54) is 19.2 Å². The molecule has 0 aliphatic rings. The van der Waals surface area contributed by atoms with Crippen molar-refractivity contribution >= 4 is 11.6 Å². The van der Waals surface area contributed by atoms with Crippen LogP contribution in [0.5, 0.6) is 5.75 Å². The Labute approximate surface area is 121 Å². The minimum Gasteiger partial charge on any atom is -0.494 e. The second kappa shape index (κ2) is 5.66. The number of ether oxygens (including phenoxy) is 1. The zero-order chi connectivity index (χ0) is 14.7. The van der Waals surface area contributed by atoms with Gasteiger partial charge < -0.3 is 10.1 Å². The highest BCUT2D eigenvalue weighted by atomic mass is 19.1. The molecule has 1 aromatic heterocycles. The molecule has 0 amide bonds. The van der Waals surface area contributed by atoms with Gasteiger partial charge in [-0.3, -0.25) is 4.57 Å². The normalized spacial score (nSPS) is 10.4. The first-order valence-corrected chi connectivity index (χ1v) is 6.47. The molecule has 0 fully saturated rings. The molecule has 21 heavy (non-hydrogen) atoms. The number of hydrogen-bond acceptors (Lipinski definition) is 3. The quantitative estimate of drug-likeness (QED) is 0.792. The fourth-order valence-electron chi connectivity index (χ4n) is 2.09. The maximum absolute atomic E-state index is 13.3. The van der Waals surface area contributed by atoms with Crippen molar-refractivity contribution < 1.29 is 9.13 Å². The number of nitrogens with zero attached hydrogens (tertiary/aromatic N) is 2. The summed E-state index contributed by atoms with van der Waals surface area (Å²) in [5.41, 5.74) is 1.64. The first-order valence-electron chi connectivity index (χ1n) is 6.47. The van der Waals surface area contributed by atoms with Crippen LogP contribution in [0.1, 0.15) is 0 Å². The molecule has 1 heterocycles. The fraction of sp³-hybridized carbons (Fsp3) is 0.0625. The minimum absolute atomic E-state index is 0.340. The van der Waals surface area contributed by atoms with Crippen LogP contribution in [0.25, 0.3) is 5.69 Å². The van der Waals surface area contributed by atoms with Crippen molar-refractivity contribution in [2.24, 2.45) is 0 Å². The molecule has 4 nitrogen and oxygen atoms in total. The van der Waals surface area contributed by atoms with E-state index in [1.807, 2.05) is 34.9 Å². The van der Waals surface area contributed by atoms with Crippen LogP contribution >= 0.6 is 0 Å². The Bertz CT molecular complexity index is 740. The van der Waals surface area contributed by atoms with Crippen LogP contribution in [-0.4, -0.2) is 16.7 Å². The highest BCUT2D eigenvalue weighted by Crippen LogP contribution is 2.27. The standard InChI is InChI=1S/C16H14FN3O/c1-21-15-11-12(17)7-8-14(15)20-10-9-18-16(20)19-13-5-3-2-4-6-13/h2-11H,1H3,(H,18,19). The van der Waals surface area contributed by atoms with Crippen molar-refractivity contribution in [1.29, 1.82) is 0 Å². The van der Waals surface area contributed by atoms with Gasteiger partial charge in [-0.25, -0.2) is 9.37 Å². The number of imidazole rings is 1. The van der Waals surface area contributed by atoms with Crippen molar-refractivity contribution in [3.63, 3.8) is 0 Å². The molecule has 0 unspecified atom stereocenters. The Morgan fingerprint density at radius 1 is 1.14 bits per heavy atom. The molecule has 2 aromatic carbocycles. The SMILES string of the molecule is COc1cc(F)ccc1-n1ccnc1Nc1ccccc1. The molecule has 106 valence electrons. The van der Waals surface area contributed by atoms with Gasteiger partial charge in [0.1, 0.15) is 11.6 Å². The van der Waals surface area contributed by atoms with Crippen molar-refractivity contribution in [3.8, 4) is 11.4 Å². The first-order chi connectivity index (χ1) is 10.3. The predicted octanol–water partition coefficient (Wildman–Crippen LogP) is 3.76. The maximum atomic E-state index is 13.3. The number of benzene rings is 2. The Hall–Kier alpha value is -2.82. The van der Waals surface area contributed by atoms with Gasteiger partial charge in [-0.15, -0.1) is 0 Å². The van der Waals surface area contributed by atoms with E-state index in [0.29, 0.717) is 11.7 Å². The van der Waals surface area contributed by atoms with E-state index in [0.717, 1.165) is 11.4 Å². The van der Waals surface area contributed by atoms with Crippen molar-refractivity contribution in [1.82, 2.24) is 9.55 Å². The predicted molar refractivity (Wildman–Crippen MR) is 79.8 cm³/mol. The van der Waals surface area contributed by atoms with E-state index >= 15 is 0 Å². The number of halogens is 1. The Balaban J connectivity index is 1.99. The summed E-state index contributed by atoms with van der Waals surface area (Å²) in [5, 5.41) is 3.22. The zero-order valence-corrected chi connectivity index (χ0v) is 11.5. The number of methoxy groups -OCH3 is 1. The molecule has 5 heteroatoms. The Morgan fingerprint density at radius 3 is 2.71 bits per heavy atom. The van der Waals surface area contributed by atoms with Crippen LogP contribution in [0.2, 0.25) is 0 Å². The molecule has 0 aliphatic heterocycles. The molecule has 0 saturated carbocycles. The summed E-state index contributed by atoms with van der Waals surface area (Å²) in [5.74, 6) is 0.739. The van der Waals surface area contributed by atoms with Crippen molar-refractivity contribution in [2.75, 3.05) is 12.4 Å². The van der Waals surface area contributed by atoms with E-state index in [-0.39, 0.29) is 5.82 Å². The summed E-state index contributed by atoms with van der Waals surface area (Å²) in [4.78, 5) is 4.29. The van der Waals surface area contributed by atoms with Gasteiger partial charge in [-0.1, -0.05) is 18.2 Å². The van der Waals surface area contributed by atoms with Crippen LogP contribution in [0, 0.1) is 5.82 Å². The van der Waals surface area contributed by atoms with Crippen molar-refractivity contribution in [3.05, 3.63) is 66.7 Å². The molecule has 0 saturated heterocycles. The molecule has 0 bridgehead atoms. The highest BCUT2D eigenvalue weighted by molar-refractivity contribution is 5.58. The maximum Gasteiger partial charge on any atom is 0.212 e. The molecule has 1 N–H and O–H groups in total. The second-order valence-electron chi connectivity index (χ2n) is 4.43. The second-order valence-corrected chi connectivity index (χ2v) is 4.43. The lowest BCUT2D eigenvalue weighted by Gasteiger charge is -2.13. The van der Waals surface area contributed by atoms with E-state index in [9.17, 15) is 4.39 Å². The average molecular weight is 283 g/mol. The average Bonchev–Trinajstić information content (AvgIpc) is 2.96. The molecular weight excluding hydrogens is 269 g/mol. The van der Waals surface area contributed by atoms with Gasteiger partial charge in [0.05, 0.1) is 12.8 Å². The van der Waals surface area contributed by atoms with Gasteiger partial charge in [0, 0.05) is 24.1 Å². The lowest BCUT2D eigenvalue weighted by molar-refractivity contribution is 0.409. The number of rotatable bonds is 4. The fourth-order valence-corrected chi connectivity index (χ4v) is 2.09. The number of hydrogen-bond donors (Lipinski definition) is 1. The third-order valence-electron chi connectivity index (χ3n) is 3.07. The van der Waals surface area contributed by atoms with E-state index in [4.69, 9.17) is 4.74 Å². The molecular formula is C16H14FN3O. The third kappa shape index (κ3) is 2.72. The topological polar surface area (TPSA) is 39.1 Å². The number of nitrogens with one attached hydrogen (secondary N) is 1. The van der Waals surface area contributed by atoms with E-state index in [1.54, 1.807) is 18.5 Å². The van der Waals surface area contributed by atoms with Gasteiger partial charge in [-0.2, -0.15) is 0 Å². The van der Waals surface area contributed by atoms with Gasteiger partial charge in [-0.05, 0) is 24.3 Å². The van der Waals surface area contributed by atoms with Crippen molar-refractivity contribution in [2.45, 2.75) is 0 Å². The Morgan fingerprint density at radius 2 is 1.95 bits per heavy atom. The molecule has 0 spiro atoms. The summed E-state index contributed by atoms with van der Waals surface area (Å²) in [6.07, 6.45) is 3.47. The minimum atomic E-state index is -0.340. The number of aromatic nitrogens is 2. The van der Waals surface area contributed by atoms with Crippen LogP contribution in [-0.2, 0) is 0 Å². The Kier molecular flexibility index (Phi) is 3.55. The van der Waals surface area contributed by atoms with Gasteiger partial charge >= 0.3 is 0 Å². The monoisotopic (exact) mass is 283 g/mol. The summed E-state index contributed by atoms with van der Waals surface area (Å²) in [6.45, 7) is 0. The van der Waals surface area contributed by atoms with Gasteiger partial charge in [0.15, 0.2) is 0 Å². The molecule has 3 aromatic rings. The first kappa shape index (κ1) is 13.2. The summed E-state index contributed by atoms with van der Waals surface area (Å²) >= 11 is 0. The molecule has 3 rings (SSSR count). The van der Waals surface area contributed by atoms with Crippen LogP contribution in [0.4, 0.5) is 16.0 Å². The van der Waals surface area contributed by atoms with E-state index in [2.05, 4.69) is 10.3 Å². The third-order valence-corrected chi connectivity index (χ3v) is 3.07. The van der Waals surface area contributed by atoms with Crippen LogP contribution < -0.4 is 10.1 Å². The molecule has 0 radical (unpaired) electrons. The van der Waals surface area contributed by atoms with Gasteiger partial charge in [0.25, 0.3) is 0 Å². The molecule has 0 atom stereocenters. The van der Waals surface area contributed by atoms with E-state index < -0.39 is 0 Å². The highest BCUT2D eigenvalue weighted by Gasteiger charge is 2.11. The number of anilines is 2. The summed E-state index contributed by atoms with van der Waals surface area (Å²) in [7, 11) is 1.51. The van der Waals surface area contributed by atoms with Crippen LogP contribution in [0.3, 0.4) is 0 Å². The largest absolute Gasteiger partial charge is 0.494 e. The van der Waals surface area contributed by atoms with Crippen LogP contribution in [0.15, 0.2) is 60.9 Å². The lowest BCUT2D eigenvalue weighted by Crippen LogP contribution is -2.03. The zero-order valence-electron chi connectivity index (χ0n) is 11.5. The summed E-state index contributed by atoms with van der Waals surface area (Å²) < 4.78 is 20.4. The number of para-hydroxylation sites is 1. The lowest BCUT2D eigenvalue weighted by atomic mass is 10.3. The smallest absolute Gasteiger partial charge is 0.212 e. The molecule has 0 aliphatic carbocycles. The summed E-state index contributed by atoms with van der Waals surface area (Å²) in [6, 6.07) is 14.1.